The molecule has 5 heteroatoms. The number of carbonyl (C=O) groups is 1. The lowest BCUT2D eigenvalue weighted by Crippen LogP contribution is -2.58. The first-order valence-corrected chi connectivity index (χ1v) is 6.90. The van der Waals surface area contributed by atoms with Crippen molar-refractivity contribution in [3.8, 4) is 6.07 Å². The Kier molecular flexibility index (Phi) is 3.84. The van der Waals surface area contributed by atoms with Gasteiger partial charge in [-0.1, -0.05) is 20.8 Å². The van der Waals surface area contributed by atoms with Crippen LogP contribution in [0.25, 0.3) is 0 Å². The number of aliphatic hydroxyl groups is 1. The molecule has 0 aromatic carbocycles. The SMILES string of the molecule is CC(C)(C)CN1CC(C#N)CC1C(=O)N1CC(O)C1. The summed E-state index contributed by atoms with van der Waals surface area (Å²) in [6.07, 6.45) is 0.256. The first-order valence-electron chi connectivity index (χ1n) is 6.90. The summed E-state index contributed by atoms with van der Waals surface area (Å²) in [5.41, 5.74) is 0.108. The summed E-state index contributed by atoms with van der Waals surface area (Å²) < 4.78 is 0. The molecular formula is C14H23N3O2. The van der Waals surface area contributed by atoms with Crippen LogP contribution in [-0.4, -0.2) is 59.1 Å². The Balaban J connectivity index is 2.03. The molecule has 2 aliphatic heterocycles. The molecule has 2 saturated heterocycles. The molecule has 0 saturated carbocycles. The minimum atomic E-state index is -0.367. The van der Waals surface area contributed by atoms with Crippen LogP contribution >= 0.6 is 0 Å². The van der Waals surface area contributed by atoms with Crippen molar-refractivity contribution >= 4 is 5.91 Å². The second kappa shape index (κ2) is 5.10. The summed E-state index contributed by atoms with van der Waals surface area (Å²) in [4.78, 5) is 16.2. The molecule has 0 aliphatic carbocycles. The van der Waals surface area contributed by atoms with E-state index in [1.165, 1.54) is 0 Å². The lowest BCUT2D eigenvalue weighted by Gasteiger charge is -2.40. The molecule has 0 aromatic heterocycles. The summed E-state index contributed by atoms with van der Waals surface area (Å²) in [5, 5.41) is 18.4. The van der Waals surface area contributed by atoms with Gasteiger partial charge in [-0.2, -0.15) is 5.26 Å². The van der Waals surface area contributed by atoms with E-state index in [-0.39, 0.29) is 29.4 Å². The third-order valence-corrected chi connectivity index (χ3v) is 3.72. The number of rotatable bonds is 2. The zero-order valence-electron chi connectivity index (χ0n) is 12.0. The van der Waals surface area contributed by atoms with Crippen LogP contribution in [0.3, 0.4) is 0 Å². The van der Waals surface area contributed by atoms with Gasteiger partial charge in [0.05, 0.1) is 24.1 Å². The molecule has 2 fully saturated rings. The minimum absolute atomic E-state index is 0.0532. The van der Waals surface area contributed by atoms with Gasteiger partial charge in [-0.05, 0) is 11.8 Å². The van der Waals surface area contributed by atoms with E-state index in [9.17, 15) is 9.90 Å². The van der Waals surface area contributed by atoms with Crippen molar-refractivity contribution in [2.45, 2.75) is 39.3 Å². The number of carbonyl (C=O) groups excluding carboxylic acids is 1. The van der Waals surface area contributed by atoms with Gasteiger partial charge in [-0.25, -0.2) is 0 Å². The average molecular weight is 265 g/mol. The van der Waals surface area contributed by atoms with Gasteiger partial charge < -0.3 is 10.0 Å². The van der Waals surface area contributed by atoms with E-state index in [0.717, 1.165) is 6.54 Å². The highest BCUT2D eigenvalue weighted by molar-refractivity contribution is 5.83. The Labute approximate surface area is 114 Å². The molecule has 1 amide bonds. The molecule has 5 nitrogen and oxygen atoms in total. The van der Waals surface area contributed by atoms with E-state index in [1.807, 2.05) is 0 Å². The van der Waals surface area contributed by atoms with Crippen molar-refractivity contribution in [2.24, 2.45) is 11.3 Å². The number of aliphatic hydroxyl groups excluding tert-OH is 1. The van der Waals surface area contributed by atoms with Gasteiger partial charge in [0.2, 0.25) is 5.91 Å². The standard InChI is InChI=1S/C14H23N3O2/c1-14(2,3)9-17-6-10(5-15)4-12(17)13(19)16-7-11(18)8-16/h10-12,18H,4,6-9H2,1-3H3. The fourth-order valence-corrected chi connectivity index (χ4v) is 2.88. The molecule has 2 unspecified atom stereocenters. The molecule has 2 heterocycles. The third-order valence-electron chi connectivity index (χ3n) is 3.72. The van der Waals surface area contributed by atoms with Gasteiger partial charge in [0, 0.05) is 26.2 Å². The van der Waals surface area contributed by atoms with Gasteiger partial charge in [-0.15, -0.1) is 0 Å². The maximum absolute atomic E-state index is 12.4. The normalized spacial score (nSPS) is 29.1. The molecular weight excluding hydrogens is 242 g/mol. The van der Waals surface area contributed by atoms with Crippen LogP contribution in [0.4, 0.5) is 0 Å². The second-order valence-electron chi connectivity index (χ2n) is 6.96. The summed E-state index contributed by atoms with van der Waals surface area (Å²) in [5.74, 6) is 0.0230. The van der Waals surface area contributed by atoms with Crippen LogP contribution < -0.4 is 0 Å². The van der Waals surface area contributed by atoms with Gasteiger partial charge >= 0.3 is 0 Å². The highest BCUT2D eigenvalue weighted by Crippen LogP contribution is 2.29. The van der Waals surface area contributed by atoms with Crippen LogP contribution in [0.5, 0.6) is 0 Å². The van der Waals surface area contributed by atoms with Crippen molar-refractivity contribution in [3.05, 3.63) is 0 Å². The number of hydrogen-bond donors (Lipinski definition) is 1. The summed E-state index contributed by atoms with van der Waals surface area (Å²) in [6, 6.07) is 2.10. The lowest BCUT2D eigenvalue weighted by molar-refractivity contribution is -0.146. The Morgan fingerprint density at radius 2 is 2.00 bits per heavy atom. The third kappa shape index (κ3) is 3.26. The maximum atomic E-state index is 12.4. The van der Waals surface area contributed by atoms with E-state index >= 15 is 0 Å². The fraction of sp³-hybridized carbons (Fsp3) is 0.857. The number of likely N-dealkylation sites (tertiary alicyclic amines) is 2. The van der Waals surface area contributed by atoms with Crippen molar-refractivity contribution in [1.82, 2.24) is 9.80 Å². The van der Waals surface area contributed by atoms with Crippen LogP contribution in [0.2, 0.25) is 0 Å². The highest BCUT2D eigenvalue weighted by atomic mass is 16.3. The topological polar surface area (TPSA) is 67.6 Å². The number of β-amino-alcohol motifs (C(OH)–C–C–N with tert-alkyl or cyclic N) is 1. The van der Waals surface area contributed by atoms with Gasteiger partial charge in [0.1, 0.15) is 0 Å². The molecule has 0 spiro atoms. The van der Waals surface area contributed by atoms with Crippen molar-refractivity contribution < 1.29 is 9.90 Å². The molecule has 1 N–H and O–H groups in total. The Morgan fingerprint density at radius 1 is 1.37 bits per heavy atom. The van der Waals surface area contributed by atoms with Gasteiger partial charge in [-0.3, -0.25) is 9.69 Å². The first kappa shape index (κ1) is 14.3. The quantitative estimate of drug-likeness (QED) is 0.787. The smallest absolute Gasteiger partial charge is 0.240 e. The molecule has 0 aromatic rings. The summed E-state index contributed by atoms with van der Waals surface area (Å²) >= 11 is 0. The number of nitrogens with zero attached hydrogens (tertiary/aromatic N) is 3. The van der Waals surface area contributed by atoms with Crippen LogP contribution in [0.15, 0.2) is 0 Å². The van der Waals surface area contributed by atoms with Gasteiger partial charge in [0.15, 0.2) is 0 Å². The number of hydrogen-bond acceptors (Lipinski definition) is 4. The number of nitriles is 1. The summed E-state index contributed by atoms with van der Waals surface area (Å²) in [6.45, 7) is 8.80. The lowest BCUT2D eigenvalue weighted by atomic mass is 9.95. The van der Waals surface area contributed by atoms with Crippen molar-refractivity contribution in [2.75, 3.05) is 26.2 Å². The molecule has 106 valence electrons. The Bertz CT molecular complexity index is 390. The zero-order chi connectivity index (χ0) is 14.2. The molecule has 19 heavy (non-hydrogen) atoms. The van der Waals surface area contributed by atoms with Crippen LogP contribution in [0, 0.1) is 22.7 Å². The minimum Gasteiger partial charge on any atom is -0.389 e. The number of amides is 1. The fourth-order valence-electron chi connectivity index (χ4n) is 2.88. The molecule has 2 rings (SSSR count). The molecule has 2 atom stereocenters. The summed E-state index contributed by atoms with van der Waals surface area (Å²) in [7, 11) is 0. The second-order valence-corrected chi connectivity index (χ2v) is 6.96. The molecule has 0 radical (unpaired) electrons. The van der Waals surface area contributed by atoms with E-state index < -0.39 is 0 Å². The average Bonchev–Trinajstić information content (AvgIpc) is 2.64. The Hall–Kier alpha value is -1.12. The van der Waals surface area contributed by atoms with Crippen LogP contribution in [-0.2, 0) is 4.79 Å². The largest absolute Gasteiger partial charge is 0.389 e. The molecule has 2 aliphatic rings. The van der Waals surface area contributed by atoms with E-state index in [2.05, 4.69) is 31.7 Å². The van der Waals surface area contributed by atoms with Crippen molar-refractivity contribution in [1.29, 1.82) is 5.26 Å². The first-order chi connectivity index (χ1) is 8.80. The Morgan fingerprint density at radius 3 is 2.47 bits per heavy atom. The van der Waals surface area contributed by atoms with E-state index in [0.29, 0.717) is 26.1 Å². The van der Waals surface area contributed by atoms with E-state index in [4.69, 9.17) is 5.26 Å². The monoisotopic (exact) mass is 265 g/mol. The predicted octanol–water partition coefficient (Wildman–Crippen LogP) is 0.450. The van der Waals surface area contributed by atoms with E-state index in [1.54, 1.807) is 4.90 Å². The van der Waals surface area contributed by atoms with Crippen molar-refractivity contribution in [3.63, 3.8) is 0 Å². The predicted molar refractivity (Wildman–Crippen MR) is 71.1 cm³/mol. The highest BCUT2D eigenvalue weighted by Gasteiger charge is 2.42. The van der Waals surface area contributed by atoms with Gasteiger partial charge in [0.25, 0.3) is 0 Å². The molecule has 0 bridgehead atoms. The zero-order valence-corrected chi connectivity index (χ0v) is 12.0. The maximum Gasteiger partial charge on any atom is 0.240 e. The van der Waals surface area contributed by atoms with Crippen LogP contribution in [0.1, 0.15) is 27.2 Å².